The summed E-state index contributed by atoms with van der Waals surface area (Å²) in [4.78, 5) is 0. The lowest BCUT2D eigenvalue weighted by Gasteiger charge is -2.19. The number of benzene rings is 11. The van der Waals surface area contributed by atoms with E-state index in [1.807, 2.05) is 12.1 Å². The quantitative estimate of drug-likeness (QED) is 0.172. The van der Waals surface area contributed by atoms with E-state index in [1.165, 1.54) is 6.07 Å². The van der Waals surface area contributed by atoms with Gasteiger partial charge in [-0.15, -0.1) is 0 Å². The molecule has 11 aromatic carbocycles. The van der Waals surface area contributed by atoms with Gasteiger partial charge in [0.2, 0.25) is 0 Å². The SMILES string of the molecule is [2H]c1cc2c([2H])c([2H])c3c([2H])c([2H])c(-c4cc(-c5ccccc5-c5c([2H])c([2H])c6c([2H])c([2H])c7c([2H])c([2H])c([2H])c8c([2H])c([2H])c5c6c78)cc5ccccc45)c4c([2H])c([2H])c(c1[2H])c2c34. The predicted octanol–water partition coefficient (Wildman–Crippen LogP) is 13.6. The molecule has 0 saturated heterocycles. The second-order valence-corrected chi connectivity index (χ2v) is 11.9. The minimum absolute atomic E-state index is 0.00699. The zero-order chi connectivity index (χ0) is 46.1. The maximum absolute atomic E-state index is 9.56. The van der Waals surface area contributed by atoms with E-state index in [9.17, 15) is 11.0 Å². The number of fused-ring (bicyclic) bond motifs is 1. The fourth-order valence-electron chi connectivity index (χ4n) is 7.22. The highest BCUT2D eigenvalue weighted by atomic mass is 14.2. The van der Waals surface area contributed by atoms with Gasteiger partial charge in [-0.05, 0) is 121 Å². The maximum atomic E-state index is 9.56. The molecule has 0 nitrogen and oxygen atoms in total. The first-order valence-corrected chi connectivity index (χ1v) is 15.4. The minimum Gasteiger partial charge on any atom is -0.0616 e. The van der Waals surface area contributed by atoms with Crippen molar-refractivity contribution in [2.75, 3.05) is 0 Å². The van der Waals surface area contributed by atoms with Crippen LogP contribution in [0.3, 0.4) is 0 Å². The normalized spacial score (nSPS) is 17.1. The summed E-state index contributed by atoms with van der Waals surface area (Å²) in [6.07, 6.45) is 0. The Morgan fingerprint density at radius 1 is 0.292 bits per heavy atom. The Morgan fingerprint density at radius 2 is 0.812 bits per heavy atom. The topological polar surface area (TPSA) is 0 Å². The van der Waals surface area contributed by atoms with Crippen molar-refractivity contribution in [2.45, 2.75) is 0 Å². The molecule has 220 valence electrons. The van der Waals surface area contributed by atoms with Crippen molar-refractivity contribution >= 4 is 75.4 Å². The number of hydrogen-bond donors (Lipinski definition) is 0. The smallest absolute Gasteiger partial charge is 0.0616 e. The van der Waals surface area contributed by atoms with E-state index in [-0.39, 0.29) is 106 Å². The molecular weight excluding hydrogens is 577 g/mol. The molecule has 0 aliphatic rings. The van der Waals surface area contributed by atoms with Crippen LogP contribution in [0.1, 0.15) is 23.3 Å². The average Bonchev–Trinajstić information content (AvgIpc) is 3.29. The van der Waals surface area contributed by atoms with Gasteiger partial charge in [-0.3, -0.25) is 0 Å². The van der Waals surface area contributed by atoms with Crippen molar-refractivity contribution in [1.29, 1.82) is 0 Å². The van der Waals surface area contributed by atoms with Crippen LogP contribution in [0.2, 0.25) is 0 Å². The fraction of sp³-hybridized carbons (Fsp3) is 0. The fourth-order valence-corrected chi connectivity index (χ4v) is 7.22. The molecule has 0 heterocycles. The van der Waals surface area contributed by atoms with Crippen LogP contribution in [0.25, 0.3) is 109 Å². The van der Waals surface area contributed by atoms with Crippen molar-refractivity contribution in [3.05, 3.63) is 169 Å². The van der Waals surface area contributed by atoms with E-state index in [0.29, 0.717) is 33.0 Å². The number of rotatable bonds is 3. The minimum atomic E-state index is -0.569. The molecule has 0 spiro atoms. The summed E-state index contributed by atoms with van der Waals surface area (Å²) in [5.74, 6) is 0. The third-order valence-electron chi connectivity index (χ3n) is 9.33. The van der Waals surface area contributed by atoms with Crippen LogP contribution in [-0.4, -0.2) is 0 Å². The Labute approximate surface area is 301 Å². The molecule has 0 atom stereocenters. The average molecular weight is 622 g/mol. The third kappa shape index (κ3) is 3.55. The lowest BCUT2D eigenvalue weighted by molar-refractivity contribution is 1.61. The highest BCUT2D eigenvalue weighted by Crippen LogP contribution is 2.45. The maximum Gasteiger partial charge on any atom is 0.0630 e. The molecule has 0 heteroatoms. The standard InChI is InChI=1S/C48H28/c1-2-12-37-35(7-1)27-36(28-44(37)41-24-20-34-18-16-30-9-6-11-32-22-26-43(41)48(34)46(30)32)38-13-3-4-14-39(38)40-23-19-33-17-15-29-8-5-10-31-21-25-42(40)47(33)45(29)31/h1-28H/i5D,6D,8D,10D,11D,15D,16D,17D,18D,19D,20D,21D,22D,23D,24D,25D,26D. The second kappa shape index (κ2) is 9.64. The van der Waals surface area contributed by atoms with Crippen molar-refractivity contribution in [3.8, 4) is 33.4 Å². The lowest BCUT2D eigenvalue weighted by Crippen LogP contribution is -1.92. The van der Waals surface area contributed by atoms with E-state index in [0.717, 1.165) is 0 Å². The predicted molar refractivity (Wildman–Crippen MR) is 208 cm³/mol. The first-order valence-electron chi connectivity index (χ1n) is 23.9. The number of hydrogen-bond acceptors (Lipinski definition) is 0. The van der Waals surface area contributed by atoms with Crippen molar-refractivity contribution < 1.29 is 23.3 Å². The van der Waals surface area contributed by atoms with Crippen molar-refractivity contribution in [1.82, 2.24) is 0 Å². The summed E-state index contributed by atoms with van der Waals surface area (Å²) in [6.45, 7) is 0. The van der Waals surface area contributed by atoms with Gasteiger partial charge >= 0.3 is 0 Å². The van der Waals surface area contributed by atoms with E-state index in [2.05, 4.69) is 0 Å². The molecule has 0 radical (unpaired) electrons. The largest absolute Gasteiger partial charge is 0.0630 e. The van der Waals surface area contributed by atoms with Gasteiger partial charge in [-0.1, -0.05) is 157 Å². The van der Waals surface area contributed by atoms with E-state index in [4.69, 9.17) is 12.3 Å². The van der Waals surface area contributed by atoms with Crippen LogP contribution in [0.15, 0.2) is 169 Å². The molecule has 0 N–H and O–H groups in total. The molecule has 0 bridgehead atoms. The molecule has 0 aliphatic carbocycles. The summed E-state index contributed by atoms with van der Waals surface area (Å²) < 4.78 is 154. The molecule has 0 aliphatic heterocycles. The molecule has 48 heavy (non-hydrogen) atoms. The molecule has 0 saturated carbocycles. The highest BCUT2D eigenvalue weighted by molar-refractivity contribution is 6.27. The van der Waals surface area contributed by atoms with Gasteiger partial charge in [0.25, 0.3) is 0 Å². The van der Waals surface area contributed by atoms with Crippen LogP contribution < -0.4 is 0 Å². The Kier molecular flexibility index (Phi) is 2.95. The zero-order valence-electron chi connectivity index (χ0n) is 41.9. The summed E-state index contributed by atoms with van der Waals surface area (Å²) >= 11 is 0. The Bertz CT molecular complexity index is 4000. The van der Waals surface area contributed by atoms with Crippen LogP contribution in [0, 0.1) is 0 Å². The van der Waals surface area contributed by atoms with Crippen LogP contribution in [0.4, 0.5) is 0 Å². The van der Waals surface area contributed by atoms with Crippen LogP contribution in [0.5, 0.6) is 0 Å². The van der Waals surface area contributed by atoms with Gasteiger partial charge in [-0.25, -0.2) is 0 Å². The molecule has 11 aromatic rings. The Hall–Kier alpha value is -6.24. The molecule has 0 aromatic heterocycles. The van der Waals surface area contributed by atoms with Gasteiger partial charge in [0.1, 0.15) is 0 Å². The molecule has 0 amide bonds. The first kappa shape index (κ1) is 14.7. The van der Waals surface area contributed by atoms with Gasteiger partial charge in [0.15, 0.2) is 0 Å². The molecule has 0 unspecified atom stereocenters. The second-order valence-electron chi connectivity index (χ2n) is 11.9. The molecular formula is C48H28. The lowest BCUT2D eigenvalue weighted by atomic mass is 9.85. The van der Waals surface area contributed by atoms with E-state index in [1.54, 1.807) is 48.5 Å². The monoisotopic (exact) mass is 621 g/mol. The van der Waals surface area contributed by atoms with Crippen LogP contribution in [-0.2, 0) is 0 Å². The van der Waals surface area contributed by atoms with Crippen molar-refractivity contribution in [2.24, 2.45) is 0 Å². The summed E-state index contributed by atoms with van der Waals surface area (Å²) in [6, 6.07) is 11.7. The molecule has 11 rings (SSSR count). The van der Waals surface area contributed by atoms with Gasteiger partial charge in [0.05, 0.1) is 23.3 Å². The van der Waals surface area contributed by atoms with E-state index >= 15 is 0 Å². The van der Waals surface area contributed by atoms with Gasteiger partial charge < -0.3 is 0 Å². The molecule has 0 fully saturated rings. The summed E-state index contributed by atoms with van der Waals surface area (Å²) in [5.41, 5.74) is 1.74. The highest BCUT2D eigenvalue weighted by Gasteiger charge is 2.18. The van der Waals surface area contributed by atoms with E-state index < -0.39 is 72.5 Å². The van der Waals surface area contributed by atoms with Crippen molar-refractivity contribution in [3.63, 3.8) is 0 Å². The third-order valence-corrected chi connectivity index (χ3v) is 9.33. The first-order chi connectivity index (χ1) is 30.9. The van der Waals surface area contributed by atoms with Gasteiger partial charge in [0, 0.05) is 0 Å². The summed E-state index contributed by atoms with van der Waals surface area (Å²) in [7, 11) is 0. The van der Waals surface area contributed by atoms with Gasteiger partial charge in [-0.2, -0.15) is 0 Å². The Balaban J connectivity index is 1.29. The summed E-state index contributed by atoms with van der Waals surface area (Å²) in [5, 5.41) is 1.20. The Morgan fingerprint density at radius 3 is 1.54 bits per heavy atom. The zero-order valence-corrected chi connectivity index (χ0v) is 24.9. The van der Waals surface area contributed by atoms with Crippen LogP contribution >= 0.6 is 0 Å².